The van der Waals surface area contributed by atoms with Gasteiger partial charge in [-0.1, -0.05) is 27.5 Å². The lowest BCUT2D eigenvalue weighted by molar-refractivity contribution is 0.553. The number of hydrogen-bond acceptors (Lipinski definition) is 3. The van der Waals surface area contributed by atoms with Crippen molar-refractivity contribution in [3.63, 3.8) is 0 Å². The molecule has 0 bridgehead atoms. The second kappa shape index (κ2) is 5.78. The molecule has 0 radical (unpaired) electrons. The average Bonchev–Trinajstić information content (AvgIpc) is 2.37. The first kappa shape index (κ1) is 16.0. The van der Waals surface area contributed by atoms with Crippen LogP contribution in [0.4, 0.5) is 20.2 Å². The Kier molecular flexibility index (Phi) is 4.40. The number of hydrogen-bond donors (Lipinski definition) is 2. The van der Waals surface area contributed by atoms with Gasteiger partial charge in [0.15, 0.2) is 0 Å². The molecule has 2 rings (SSSR count). The Morgan fingerprint density at radius 1 is 1.14 bits per heavy atom. The molecule has 0 saturated heterocycles. The van der Waals surface area contributed by atoms with Crippen molar-refractivity contribution in [3.8, 4) is 0 Å². The number of nitrogens with one attached hydrogen (secondary N) is 1. The largest absolute Gasteiger partial charge is 0.396 e. The molecule has 9 heteroatoms. The molecule has 0 fully saturated rings. The topological polar surface area (TPSA) is 72.2 Å². The molecule has 0 unspecified atom stereocenters. The van der Waals surface area contributed by atoms with Crippen LogP contribution in [0.5, 0.6) is 0 Å². The Hall–Kier alpha value is -1.38. The average molecular weight is 398 g/mol. The van der Waals surface area contributed by atoms with E-state index in [1.165, 1.54) is 12.1 Å². The highest BCUT2D eigenvalue weighted by Crippen LogP contribution is 2.29. The van der Waals surface area contributed by atoms with E-state index in [1.54, 1.807) is 6.07 Å². The molecule has 21 heavy (non-hydrogen) atoms. The molecule has 0 spiro atoms. The first-order chi connectivity index (χ1) is 9.70. The zero-order valence-electron chi connectivity index (χ0n) is 10.2. The maximum absolute atomic E-state index is 13.6. The van der Waals surface area contributed by atoms with Gasteiger partial charge in [0.2, 0.25) is 0 Å². The van der Waals surface area contributed by atoms with Gasteiger partial charge in [-0.15, -0.1) is 0 Å². The third kappa shape index (κ3) is 3.45. The Morgan fingerprint density at radius 2 is 1.81 bits per heavy atom. The van der Waals surface area contributed by atoms with E-state index in [0.29, 0.717) is 16.6 Å². The van der Waals surface area contributed by atoms with Gasteiger partial charge < -0.3 is 5.73 Å². The fourth-order valence-electron chi connectivity index (χ4n) is 1.52. The van der Waals surface area contributed by atoms with E-state index in [1.807, 2.05) is 0 Å². The van der Waals surface area contributed by atoms with Crippen molar-refractivity contribution in [2.45, 2.75) is 4.90 Å². The van der Waals surface area contributed by atoms with E-state index < -0.39 is 32.2 Å². The Labute approximate surface area is 133 Å². The van der Waals surface area contributed by atoms with Crippen molar-refractivity contribution < 1.29 is 17.2 Å². The predicted octanol–water partition coefficient (Wildman–Crippen LogP) is 3.76. The van der Waals surface area contributed by atoms with Crippen LogP contribution in [-0.2, 0) is 10.0 Å². The molecule has 2 aromatic carbocycles. The Morgan fingerprint density at radius 3 is 2.43 bits per heavy atom. The highest BCUT2D eigenvalue weighted by Gasteiger charge is 2.22. The van der Waals surface area contributed by atoms with E-state index in [-0.39, 0.29) is 10.7 Å². The lowest BCUT2D eigenvalue weighted by Gasteiger charge is -2.11. The number of nitrogen functional groups attached to an aromatic ring is 1. The summed E-state index contributed by atoms with van der Waals surface area (Å²) in [7, 11) is -4.29. The van der Waals surface area contributed by atoms with E-state index in [2.05, 4.69) is 20.7 Å². The van der Waals surface area contributed by atoms with E-state index in [9.17, 15) is 17.2 Å². The van der Waals surface area contributed by atoms with Crippen molar-refractivity contribution in [1.29, 1.82) is 0 Å². The summed E-state index contributed by atoms with van der Waals surface area (Å²) in [6.45, 7) is 0. The van der Waals surface area contributed by atoms with E-state index in [4.69, 9.17) is 17.3 Å². The molecule has 0 amide bonds. The smallest absolute Gasteiger partial charge is 0.264 e. The minimum Gasteiger partial charge on any atom is -0.396 e. The maximum atomic E-state index is 13.6. The normalized spacial score (nSPS) is 11.4. The third-order valence-corrected chi connectivity index (χ3v) is 4.70. The lowest BCUT2D eigenvalue weighted by atomic mass is 10.3. The van der Waals surface area contributed by atoms with Gasteiger partial charge in [0.1, 0.15) is 16.5 Å². The van der Waals surface area contributed by atoms with Crippen LogP contribution in [0, 0.1) is 11.6 Å². The van der Waals surface area contributed by atoms with Gasteiger partial charge in [-0.3, -0.25) is 4.72 Å². The second-order valence-corrected chi connectivity index (χ2v) is 7.01. The molecule has 0 aliphatic heterocycles. The minimum atomic E-state index is -4.29. The number of benzene rings is 2. The number of halogens is 4. The Bertz CT molecular complexity index is 815. The summed E-state index contributed by atoms with van der Waals surface area (Å²) in [4.78, 5) is -0.764. The molecule has 0 atom stereocenters. The zero-order chi connectivity index (χ0) is 15.8. The summed E-state index contributed by atoms with van der Waals surface area (Å²) in [5, 5.41) is 0.114. The standard InChI is InChI=1S/C12H8BrClF2N2O2S/c13-6-1-2-11(7(14)3-6)18-21(19,20)12-5-10(17)8(15)4-9(12)16/h1-5,18H,17H2. The van der Waals surface area contributed by atoms with Gasteiger partial charge in [0.05, 0.1) is 16.4 Å². The van der Waals surface area contributed by atoms with Crippen molar-refractivity contribution in [3.05, 3.63) is 51.5 Å². The molecule has 4 nitrogen and oxygen atoms in total. The quantitative estimate of drug-likeness (QED) is 0.775. The summed E-state index contributed by atoms with van der Waals surface area (Å²) in [5.41, 5.74) is 4.85. The highest BCUT2D eigenvalue weighted by atomic mass is 79.9. The van der Waals surface area contributed by atoms with Crippen LogP contribution in [0.1, 0.15) is 0 Å². The van der Waals surface area contributed by atoms with Crippen LogP contribution >= 0.6 is 27.5 Å². The van der Waals surface area contributed by atoms with Crippen molar-refractivity contribution in [2.24, 2.45) is 0 Å². The zero-order valence-corrected chi connectivity index (χ0v) is 13.4. The maximum Gasteiger partial charge on any atom is 0.264 e. The van der Waals surface area contributed by atoms with Gasteiger partial charge in [-0.25, -0.2) is 17.2 Å². The second-order valence-electron chi connectivity index (χ2n) is 4.03. The van der Waals surface area contributed by atoms with Crippen LogP contribution < -0.4 is 10.5 Å². The lowest BCUT2D eigenvalue weighted by Crippen LogP contribution is -2.15. The molecular weight excluding hydrogens is 390 g/mol. The first-order valence-electron chi connectivity index (χ1n) is 5.43. The van der Waals surface area contributed by atoms with Crippen LogP contribution in [0.3, 0.4) is 0 Å². The molecule has 3 N–H and O–H groups in total. The van der Waals surface area contributed by atoms with Gasteiger partial charge in [-0.2, -0.15) is 0 Å². The number of anilines is 2. The molecule has 2 aromatic rings. The van der Waals surface area contributed by atoms with Crippen molar-refractivity contribution in [2.75, 3.05) is 10.5 Å². The van der Waals surface area contributed by atoms with Gasteiger partial charge >= 0.3 is 0 Å². The first-order valence-corrected chi connectivity index (χ1v) is 8.08. The number of nitrogens with two attached hydrogens (primary N) is 1. The monoisotopic (exact) mass is 396 g/mol. The van der Waals surface area contributed by atoms with Crippen molar-refractivity contribution in [1.82, 2.24) is 0 Å². The summed E-state index contributed by atoms with van der Waals surface area (Å²) in [6, 6.07) is 5.54. The molecule has 0 aromatic heterocycles. The third-order valence-electron chi connectivity index (χ3n) is 2.52. The van der Waals surface area contributed by atoms with Crippen LogP contribution in [0.2, 0.25) is 5.02 Å². The van der Waals surface area contributed by atoms with Crippen LogP contribution in [-0.4, -0.2) is 8.42 Å². The van der Waals surface area contributed by atoms with E-state index in [0.717, 1.165) is 0 Å². The minimum absolute atomic E-state index is 0.0576. The summed E-state index contributed by atoms with van der Waals surface area (Å²) in [5.74, 6) is -2.28. The number of sulfonamides is 1. The van der Waals surface area contributed by atoms with E-state index >= 15 is 0 Å². The Balaban J connectivity index is 2.46. The van der Waals surface area contributed by atoms with Crippen molar-refractivity contribution >= 4 is 48.9 Å². The molecule has 112 valence electrons. The number of rotatable bonds is 3. The fourth-order valence-corrected chi connectivity index (χ4v) is 3.47. The molecule has 0 heterocycles. The summed E-state index contributed by atoms with van der Waals surface area (Å²) in [6.07, 6.45) is 0. The molecule has 0 saturated carbocycles. The van der Waals surface area contributed by atoms with Gasteiger partial charge in [0.25, 0.3) is 10.0 Å². The van der Waals surface area contributed by atoms with Crippen LogP contribution in [0.25, 0.3) is 0 Å². The fraction of sp³-hybridized carbons (Fsp3) is 0. The van der Waals surface area contributed by atoms with Gasteiger partial charge in [-0.05, 0) is 24.3 Å². The molecule has 0 aliphatic carbocycles. The molecule has 0 aliphatic rings. The molecular formula is C12H8BrClF2N2O2S. The highest BCUT2D eigenvalue weighted by molar-refractivity contribution is 9.10. The SMILES string of the molecule is Nc1cc(S(=O)(=O)Nc2ccc(Br)cc2Cl)c(F)cc1F. The summed E-state index contributed by atoms with van der Waals surface area (Å²) >= 11 is 9.05. The summed E-state index contributed by atoms with van der Waals surface area (Å²) < 4.78 is 53.7. The predicted molar refractivity (Wildman–Crippen MR) is 80.7 cm³/mol. The van der Waals surface area contributed by atoms with Gasteiger partial charge in [0, 0.05) is 10.5 Å². The van der Waals surface area contributed by atoms with Crippen LogP contribution in [0.15, 0.2) is 39.7 Å².